The monoisotopic (exact) mass is 369 g/mol. The summed E-state index contributed by atoms with van der Waals surface area (Å²) in [5.41, 5.74) is 2.59. The fourth-order valence-electron chi connectivity index (χ4n) is 2.67. The maximum absolute atomic E-state index is 12.1. The van der Waals surface area contributed by atoms with E-state index in [9.17, 15) is 9.59 Å². The van der Waals surface area contributed by atoms with E-state index in [0.717, 1.165) is 23.9 Å². The molecule has 2 heterocycles. The van der Waals surface area contributed by atoms with Crippen molar-refractivity contribution in [2.75, 3.05) is 11.2 Å². The number of halogens is 1. The van der Waals surface area contributed by atoms with Gasteiger partial charge in [0.25, 0.3) is 5.91 Å². The van der Waals surface area contributed by atoms with Crippen molar-refractivity contribution in [3.63, 3.8) is 0 Å². The first-order valence-electron chi connectivity index (χ1n) is 8.26. The zero-order valence-corrected chi connectivity index (χ0v) is 14.5. The van der Waals surface area contributed by atoms with Gasteiger partial charge in [0.1, 0.15) is 11.6 Å². The summed E-state index contributed by atoms with van der Waals surface area (Å²) in [5, 5.41) is 5.60. The Morgan fingerprint density at radius 2 is 2.00 bits per heavy atom. The molecule has 26 heavy (non-hydrogen) atoms. The number of imidazole rings is 1. The van der Waals surface area contributed by atoms with E-state index in [2.05, 4.69) is 20.6 Å². The molecule has 1 fully saturated rings. The van der Waals surface area contributed by atoms with Gasteiger partial charge in [0.2, 0.25) is 11.9 Å². The van der Waals surface area contributed by atoms with Crippen LogP contribution in [0.2, 0.25) is 0 Å². The van der Waals surface area contributed by atoms with E-state index in [-0.39, 0.29) is 23.7 Å². The highest BCUT2D eigenvalue weighted by atomic mass is 35.5. The molecule has 1 aliphatic carbocycles. The van der Waals surface area contributed by atoms with Gasteiger partial charge < -0.3 is 5.32 Å². The third kappa shape index (κ3) is 3.25. The summed E-state index contributed by atoms with van der Waals surface area (Å²) in [5.74, 6) is -0.336. The van der Waals surface area contributed by atoms with Crippen LogP contribution >= 0.6 is 11.6 Å². The number of rotatable bonds is 5. The van der Waals surface area contributed by atoms with Gasteiger partial charge in [0, 0.05) is 6.04 Å². The molecule has 1 aromatic carbocycles. The molecule has 0 radical (unpaired) electrons. The fourth-order valence-corrected chi connectivity index (χ4v) is 2.74. The molecule has 2 amide bonds. The minimum atomic E-state index is -0.350. The third-order valence-electron chi connectivity index (χ3n) is 4.08. The first-order chi connectivity index (χ1) is 12.7. The predicted molar refractivity (Wildman–Crippen MR) is 98.7 cm³/mol. The van der Waals surface area contributed by atoms with Crippen molar-refractivity contribution in [3.05, 3.63) is 48.3 Å². The number of para-hydroxylation sites is 2. The van der Waals surface area contributed by atoms with Crippen molar-refractivity contribution in [1.29, 1.82) is 0 Å². The van der Waals surface area contributed by atoms with E-state index in [1.54, 1.807) is 22.9 Å². The molecule has 2 N–H and O–H groups in total. The summed E-state index contributed by atoms with van der Waals surface area (Å²) in [6, 6.07) is 11.2. The van der Waals surface area contributed by atoms with Crippen molar-refractivity contribution in [2.45, 2.75) is 18.9 Å². The second-order valence-electron chi connectivity index (χ2n) is 6.09. The second-order valence-corrected chi connectivity index (χ2v) is 6.36. The van der Waals surface area contributed by atoms with Gasteiger partial charge in [-0.1, -0.05) is 12.1 Å². The molecule has 7 nitrogen and oxygen atoms in total. The van der Waals surface area contributed by atoms with Crippen molar-refractivity contribution < 1.29 is 9.59 Å². The van der Waals surface area contributed by atoms with E-state index in [1.807, 2.05) is 24.3 Å². The number of fused-ring (bicyclic) bond motifs is 1. The zero-order valence-electron chi connectivity index (χ0n) is 13.8. The summed E-state index contributed by atoms with van der Waals surface area (Å²) in [4.78, 5) is 32.5. The lowest BCUT2D eigenvalue weighted by atomic mass is 10.3. The second kappa shape index (κ2) is 6.76. The van der Waals surface area contributed by atoms with Crippen LogP contribution in [0.3, 0.4) is 0 Å². The molecule has 0 bridgehead atoms. The number of amides is 2. The van der Waals surface area contributed by atoms with Crippen molar-refractivity contribution >= 4 is 40.4 Å². The molecule has 3 aromatic rings. The largest absolute Gasteiger partial charge is 0.348 e. The molecule has 0 aliphatic heterocycles. The van der Waals surface area contributed by atoms with Crippen molar-refractivity contribution in [1.82, 2.24) is 19.9 Å². The van der Waals surface area contributed by atoms with Gasteiger partial charge in [0.05, 0.1) is 22.9 Å². The molecule has 132 valence electrons. The number of benzene rings is 1. The molecular formula is C18H16ClN5O2. The van der Waals surface area contributed by atoms with Crippen LogP contribution in [0.1, 0.15) is 23.3 Å². The van der Waals surface area contributed by atoms with Gasteiger partial charge in [0.15, 0.2) is 0 Å². The van der Waals surface area contributed by atoms with Crippen LogP contribution in [-0.2, 0) is 4.79 Å². The first-order valence-corrected chi connectivity index (χ1v) is 8.80. The standard InChI is InChI=1S/C18H16ClN5O2/c19-9-16(25)23-18-22-13-3-1-2-4-15(13)24(18)12-7-8-14(20-10-12)17(26)21-11-5-6-11/h1-4,7-8,10-11H,5-6,9H2,(H,21,26)(H,22,23,25). The van der Waals surface area contributed by atoms with Crippen molar-refractivity contribution in [3.8, 4) is 5.69 Å². The van der Waals surface area contributed by atoms with E-state index >= 15 is 0 Å². The minimum Gasteiger partial charge on any atom is -0.348 e. The molecule has 0 unspecified atom stereocenters. The zero-order chi connectivity index (χ0) is 18.1. The van der Waals surface area contributed by atoms with E-state index in [1.165, 1.54) is 0 Å². The summed E-state index contributed by atoms with van der Waals surface area (Å²) in [7, 11) is 0. The van der Waals surface area contributed by atoms with Gasteiger partial charge in [-0.15, -0.1) is 11.6 Å². The van der Waals surface area contributed by atoms with Gasteiger partial charge >= 0.3 is 0 Å². The summed E-state index contributed by atoms with van der Waals surface area (Å²) < 4.78 is 1.77. The van der Waals surface area contributed by atoms with Crippen LogP contribution in [0.5, 0.6) is 0 Å². The van der Waals surface area contributed by atoms with Gasteiger partial charge in [-0.2, -0.15) is 0 Å². The van der Waals surface area contributed by atoms with Crippen LogP contribution in [0.15, 0.2) is 42.6 Å². The number of pyridine rings is 1. The lowest BCUT2D eigenvalue weighted by Crippen LogP contribution is -2.26. The Morgan fingerprint density at radius 1 is 1.19 bits per heavy atom. The van der Waals surface area contributed by atoms with Crippen LogP contribution in [-0.4, -0.2) is 38.3 Å². The van der Waals surface area contributed by atoms with Crippen molar-refractivity contribution in [2.24, 2.45) is 0 Å². The summed E-state index contributed by atoms with van der Waals surface area (Å²) >= 11 is 5.60. The number of aromatic nitrogens is 3. The number of hydrogen-bond acceptors (Lipinski definition) is 4. The Bertz CT molecular complexity index is 979. The number of nitrogens with one attached hydrogen (secondary N) is 2. The van der Waals surface area contributed by atoms with Crippen LogP contribution in [0.4, 0.5) is 5.95 Å². The molecule has 2 aromatic heterocycles. The Balaban J connectivity index is 1.71. The summed E-state index contributed by atoms with van der Waals surface area (Å²) in [6.45, 7) is 0. The average molecular weight is 370 g/mol. The quantitative estimate of drug-likeness (QED) is 0.676. The number of carbonyl (C=O) groups is 2. The lowest BCUT2D eigenvalue weighted by molar-refractivity contribution is -0.114. The number of nitrogens with zero attached hydrogens (tertiary/aromatic N) is 3. The maximum atomic E-state index is 12.1. The number of hydrogen-bond donors (Lipinski definition) is 2. The molecule has 0 saturated heterocycles. The third-order valence-corrected chi connectivity index (χ3v) is 4.33. The van der Waals surface area contributed by atoms with E-state index in [4.69, 9.17) is 11.6 Å². The van der Waals surface area contributed by atoms with Crippen LogP contribution < -0.4 is 10.6 Å². The number of carbonyl (C=O) groups excluding carboxylic acids is 2. The molecule has 1 aliphatic rings. The topological polar surface area (TPSA) is 88.9 Å². The number of alkyl halides is 1. The minimum absolute atomic E-state index is 0.165. The highest BCUT2D eigenvalue weighted by Crippen LogP contribution is 2.24. The van der Waals surface area contributed by atoms with Crippen LogP contribution in [0, 0.1) is 0 Å². The maximum Gasteiger partial charge on any atom is 0.270 e. The normalized spacial score (nSPS) is 13.6. The Kier molecular flexibility index (Phi) is 4.30. The Morgan fingerprint density at radius 3 is 2.69 bits per heavy atom. The van der Waals surface area contributed by atoms with E-state index in [0.29, 0.717) is 17.3 Å². The molecule has 0 spiro atoms. The van der Waals surface area contributed by atoms with Crippen LogP contribution in [0.25, 0.3) is 16.7 Å². The average Bonchev–Trinajstić information content (AvgIpc) is 3.40. The summed E-state index contributed by atoms with van der Waals surface area (Å²) in [6.07, 6.45) is 3.63. The van der Waals surface area contributed by atoms with Gasteiger partial charge in [-0.25, -0.2) is 9.97 Å². The molecule has 4 rings (SSSR count). The smallest absolute Gasteiger partial charge is 0.270 e. The highest BCUT2D eigenvalue weighted by Gasteiger charge is 2.24. The van der Waals surface area contributed by atoms with Gasteiger partial charge in [-0.05, 0) is 37.1 Å². The molecule has 1 saturated carbocycles. The molecule has 0 atom stereocenters. The van der Waals surface area contributed by atoms with Gasteiger partial charge in [-0.3, -0.25) is 19.5 Å². The first kappa shape index (κ1) is 16.5. The lowest BCUT2D eigenvalue weighted by Gasteiger charge is -2.10. The Labute approximate surface area is 154 Å². The predicted octanol–water partition coefficient (Wildman–Crippen LogP) is 2.49. The number of anilines is 1. The highest BCUT2D eigenvalue weighted by molar-refractivity contribution is 6.29. The van der Waals surface area contributed by atoms with E-state index < -0.39 is 0 Å². The Hall–Kier alpha value is -2.93. The molecular weight excluding hydrogens is 354 g/mol. The fraction of sp³-hybridized carbons (Fsp3) is 0.222. The molecule has 8 heteroatoms. The SMILES string of the molecule is O=C(CCl)Nc1nc2ccccc2n1-c1ccc(C(=O)NC2CC2)nc1.